The molecule has 4 N–H and O–H groups in total. The average molecular weight is 995 g/mol. The van der Waals surface area contributed by atoms with E-state index in [2.05, 4.69) is 41.7 Å². The maximum absolute atomic E-state index is 13.5. The smallest absolute Gasteiger partial charge is 0.258 e. The fourth-order valence-corrected chi connectivity index (χ4v) is 6.97. The average Bonchev–Trinajstić information content (AvgIpc) is 3.26. The van der Waals surface area contributed by atoms with Crippen molar-refractivity contribution in [3.8, 4) is 5.75 Å². The Morgan fingerprint density at radius 3 is 1.41 bits per heavy atom. The summed E-state index contributed by atoms with van der Waals surface area (Å²) in [6.07, 6.45) is 1.35. The number of alkyl halides is 3. The van der Waals surface area contributed by atoms with E-state index in [1.165, 1.54) is 61.5 Å². The first-order valence-electron chi connectivity index (χ1n) is 20.0. The summed E-state index contributed by atoms with van der Waals surface area (Å²) in [7, 11) is 0. The number of aryl methyl sites for hydroxylation is 2. The molecular weight excluding hydrogens is 954 g/mol. The molecule has 0 radical (unpaired) electrons. The van der Waals surface area contributed by atoms with Crippen molar-refractivity contribution in [2.75, 3.05) is 33.0 Å². The van der Waals surface area contributed by atoms with Gasteiger partial charge in [-0.1, -0.05) is 71.2 Å². The molecule has 342 valence electrons. The summed E-state index contributed by atoms with van der Waals surface area (Å²) in [6.45, 7) is 3.78. The molecule has 0 spiro atoms. The molecule has 5 rings (SSSR count). The molecule has 15 nitrogen and oxygen atoms in total. The fourth-order valence-electron chi connectivity index (χ4n) is 5.93. The molecule has 0 bridgehead atoms. The van der Waals surface area contributed by atoms with E-state index in [0.29, 0.717) is 36.0 Å². The normalized spacial score (nSPS) is 12.5. The topological polar surface area (TPSA) is 209 Å². The minimum Gasteiger partial charge on any atom is -0.473 e. The van der Waals surface area contributed by atoms with Crippen molar-refractivity contribution >= 4 is 127 Å². The molecule has 0 aromatic heterocycles. The highest BCUT2D eigenvalue weighted by molar-refractivity contribution is 6.37. The quantitative estimate of drug-likeness (QED) is 0.0336. The fraction of sp³-hybridized carbons (Fsp3) is 0.217. The van der Waals surface area contributed by atoms with Crippen molar-refractivity contribution in [3.63, 3.8) is 0 Å². The van der Waals surface area contributed by atoms with E-state index in [9.17, 15) is 28.8 Å². The molecule has 0 aliphatic heterocycles. The van der Waals surface area contributed by atoms with Crippen LogP contribution >= 0.6 is 58.0 Å². The summed E-state index contributed by atoms with van der Waals surface area (Å²) in [4.78, 5) is 78.5. The summed E-state index contributed by atoms with van der Waals surface area (Å²) >= 11 is 30.8. The monoisotopic (exact) mass is 992 g/mol. The minimum atomic E-state index is -1.67. The number of amides is 4. The van der Waals surface area contributed by atoms with Gasteiger partial charge in [-0.05, 0) is 105 Å². The van der Waals surface area contributed by atoms with Gasteiger partial charge in [-0.2, -0.15) is 20.5 Å². The Kier molecular flexibility index (Phi) is 18.7. The number of benzene rings is 5. The second-order valence-corrected chi connectivity index (χ2v) is 16.4. The lowest BCUT2D eigenvalue weighted by molar-refractivity contribution is -0.127. The number of azo groups is 2. The van der Waals surface area contributed by atoms with Gasteiger partial charge in [0.2, 0.25) is 12.1 Å². The van der Waals surface area contributed by atoms with Gasteiger partial charge in [0.25, 0.3) is 23.6 Å². The van der Waals surface area contributed by atoms with Crippen LogP contribution in [-0.4, -0.2) is 64.6 Å². The number of ketones is 2. The van der Waals surface area contributed by atoms with Crippen molar-refractivity contribution in [2.45, 2.75) is 51.3 Å². The van der Waals surface area contributed by atoms with Crippen LogP contribution in [-0.2, 0) is 32.0 Å². The molecule has 0 aliphatic rings. The Morgan fingerprint density at radius 1 is 0.576 bits per heavy atom. The van der Waals surface area contributed by atoms with Crippen LogP contribution in [0.25, 0.3) is 0 Å². The molecule has 0 aliphatic carbocycles. The van der Waals surface area contributed by atoms with E-state index in [4.69, 9.17) is 62.7 Å². The number of rotatable bonds is 20. The van der Waals surface area contributed by atoms with Crippen molar-refractivity contribution < 1.29 is 33.5 Å². The van der Waals surface area contributed by atoms with Gasteiger partial charge >= 0.3 is 0 Å². The van der Waals surface area contributed by atoms with Gasteiger partial charge < -0.3 is 26.0 Å². The zero-order valence-corrected chi connectivity index (χ0v) is 39.2. The van der Waals surface area contributed by atoms with Gasteiger partial charge in [-0.3, -0.25) is 28.8 Å². The van der Waals surface area contributed by atoms with E-state index < -0.39 is 52.8 Å². The van der Waals surface area contributed by atoms with Crippen LogP contribution in [0.15, 0.2) is 124 Å². The predicted molar refractivity (Wildman–Crippen MR) is 258 cm³/mol. The van der Waals surface area contributed by atoms with Crippen molar-refractivity contribution in [2.24, 2.45) is 20.5 Å². The number of hydrogen-bond donors (Lipinski definition) is 4. The van der Waals surface area contributed by atoms with Crippen molar-refractivity contribution in [1.82, 2.24) is 0 Å². The molecule has 0 saturated heterocycles. The Bertz CT molecular complexity index is 2660. The standard InChI is InChI=1S/C46H41Cl5N8O7/c1-25(60)41(58-56-36-8-4-6-33(39(36)50)43(62)52-30-14-10-28(11-15-30)20-22-47)45(64)54-32-18-19-35(38(24-32)66-27(3)49)55-46(65)42(26(2)61)59-57-37-9-5-7-34(40(37)51)44(63)53-31-16-12-29(13-17-31)21-23-48/h4-19,24,27,41-42H,20-23H2,1-3H3,(H,52,62)(H,53,63)(H,54,64)(H,55,65). The third-order valence-corrected chi connectivity index (χ3v) is 10.5. The second kappa shape index (κ2) is 24.3. The first kappa shape index (κ1) is 50.8. The SMILES string of the molecule is CC(=O)C(N=Nc1cccc(C(=O)Nc2ccc(CCCl)cc2)c1Cl)C(=O)Nc1ccc(NC(=O)C(N=Nc2cccc(C(=O)Nc3ccc(CCCl)cc3)c2Cl)C(C)=O)c(OC(C)Cl)c1. The Balaban J connectivity index is 1.28. The van der Waals surface area contributed by atoms with Crippen LogP contribution in [0.2, 0.25) is 10.0 Å². The highest BCUT2D eigenvalue weighted by atomic mass is 35.5. The van der Waals surface area contributed by atoms with Crippen LogP contribution in [0.3, 0.4) is 0 Å². The molecule has 0 fully saturated rings. The van der Waals surface area contributed by atoms with E-state index in [1.54, 1.807) is 24.3 Å². The maximum atomic E-state index is 13.5. The molecule has 66 heavy (non-hydrogen) atoms. The van der Waals surface area contributed by atoms with Gasteiger partial charge in [-0.15, -0.1) is 23.2 Å². The molecule has 3 unspecified atom stereocenters. The number of ether oxygens (including phenoxy) is 1. The molecule has 0 saturated carbocycles. The maximum Gasteiger partial charge on any atom is 0.258 e. The lowest BCUT2D eigenvalue weighted by Crippen LogP contribution is -2.32. The van der Waals surface area contributed by atoms with Crippen LogP contribution in [0.4, 0.5) is 34.1 Å². The summed E-state index contributed by atoms with van der Waals surface area (Å²) in [5.74, 6) is -3.31. The van der Waals surface area contributed by atoms with E-state index in [-0.39, 0.29) is 49.7 Å². The first-order chi connectivity index (χ1) is 31.6. The highest BCUT2D eigenvalue weighted by Gasteiger charge is 2.27. The van der Waals surface area contributed by atoms with E-state index in [1.807, 2.05) is 24.3 Å². The number of nitrogens with zero attached hydrogens (tertiary/aromatic N) is 4. The number of carbonyl (C=O) groups is 6. The Labute approximate surface area is 404 Å². The zero-order valence-electron chi connectivity index (χ0n) is 35.4. The largest absolute Gasteiger partial charge is 0.473 e. The molecular formula is C46H41Cl5N8O7. The summed E-state index contributed by atoms with van der Waals surface area (Å²) in [5, 5.41) is 26.5. The van der Waals surface area contributed by atoms with Crippen LogP contribution in [0.5, 0.6) is 5.75 Å². The van der Waals surface area contributed by atoms with Gasteiger partial charge in [-0.25, -0.2) is 0 Å². The van der Waals surface area contributed by atoms with E-state index >= 15 is 0 Å². The third kappa shape index (κ3) is 14.1. The van der Waals surface area contributed by atoms with Crippen molar-refractivity contribution in [3.05, 3.63) is 135 Å². The van der Waals surface area contributed by atoms with Crippen LogP contribution < -0.4 is 26.0 Å². The number of Topliss-reactive ketones (excluding diaryl/α,β-unsaturated/α-hetero) is 2. The van der Waals surface area contributed by atoms with Crippen LogP contribution in [0, 0.1) is 0 Å². The van der Waals surface area contributed by atoms with Gasteiger partial charge in [0.1, 0.15) is 17.1 Å². The second-order valence-electron chi connectivity index (χ2n) is 14.3. The first-order valence-corrected chi connectivity index (χ1v) is 22.2. The summed E-state index contributed by atoms with van der Waals surface area (Å²) in [6, 6.07) is 23.9. The minimum absolute atomic E-state index is 0.0183. The van der Waals surface area contributed by atoms with Gasteiger partial charge in [0.05, 0.1) is 26.9 Å². The molecule has 4 amide bonds. The number of carbonyl (C=O) groups excluding carboxylic acids is 6. The molecule has 0 heterocycles. The molecule has 5 aromatic rings. The molecule has 20 heteroatoms. The van der Waals surface area contributed by atoms with Crippen LogP contribution in [0.1, 0.15) is 52.6 Å². The summed E-state index contributed by atoms with van der Waals surface area (Å²) < 4.78 is 5.70. The van der Waals surface area contributed by atoms with E-state index in [0.717, 1.165) is 25.0 Å². The molecule has 3 atom stereocenters. The van der Waals surface area contributed by atoms with Gasteiger partial charge in [0.15, 0.2) is 17.1 Å². The third-order valence-electron chi connectivity index (χ3n) is 9.26. The Hall–Kier alpha value is -6.23. The van der Waals surface area contributed by atoms with Crippen molar-refractivity contribution in [1.29, 1.82) is 0 Å². The number of hydrogen-bond acceptors (Lipinski definition) is 11. The lowest BCUT2D eigenvalue weighted by atomic mass is 10.1. The number of halogens is 5. The highest BCUT2D eigenvalue weighted by Crippen LogP contribution is 2.33. The summed E-state index contributed by atoms with van der Waals surface area (Å²) in [5.41, 5.74) is 2.43. The molecule has 5 aromatic carbocycles. The number of anilines is 4. The van der Waals surface area contributed by atoms with Gasteiger partial charge in [0, 0.05) is 34.9 Å². The Morgan fingerprint density at radius 2 is 1.00 bits per heavy atom. The predicted octanol–water partition coefficient (Wildman–Crippen LogP) is 11.4. The number of nitrogens with one attached hydrogen (secondary N) is 4. The zero-order chi connectivity index (χ0) is 47.9. The lowest BCUT2D eigenvalue weighted by Gasteiger charge is -2.17.